The molecule has 0 bridgehead atoms. The number of unbranched alkanes of at least 4 members (excludes halogenated alkanes) is 8. The summed E-state index contributed by atoms with van der Waals surface area (Å²) in [6, 6.07) is 0. The first-order valence-electron chi connectivity index (χ1n) is 17.0. The predicted molar refractivity (Wildman–Crippen MR) is 170 cm³/mol. The van der Waals surface area contributed by atoms with Crippen LogP contribution in [0.2, 0.25) is 0 Å². The average Bonchev–Trinajstić information content (AvgIpc) is 3.23. The summed E-state index contributed by atoms with van der Waals surface area (Å²) in [6.07, 6.45) is 19.2. The summed E-state index contributed by atoms with van der Waals surface area (Å²) in [5.41, 5.74) is 0. The van der Waals surface area contributed by atoms with Crippen LogP contribution in [0.1, 0.15) is 130 Å². The standard InChI is InChI=1S/C35H62O8/c1-4-5-12-18-28(36)22-23-31-30(32(38)24-33(31)39)19-14-10-11-16-21-35(41)43-26-29(37)25-42-34(40)20-15-9-7-6-8-13-17-27(2)3/h10,14,22-23,27-33,36-39H,4-9,11-13,15-21,24-26H2,1-3H3/b14-10+,23-22+/t28-,29+,30+,31+,32-,33+/m0/s1. The summed E-state index contributed by atoms with van der Waals surface area (Å²) >= 11 is 0. The molecule has 0 aromatic carbocycles. The van der Waals surface area contributed by atoms with E-state index in [-0.39, 0.29) is 37.4 Å². The monoisotopic (exact) mass is 610 g/mol. The molecule has 6 atom stereocenters. The van der Waals surface area contributed by atoms with E-state index >= 15 is 0 Å². The molecule has 8 heteroatoms. The van der Waals surface area contributed by atoms with Gasteiger partial charge in [-0.2, -0.15) is 0 Å². The summed E-state index contributed by atoms with van der Waals surface area (Å²) < 4.78 is 10.2. The van der Waals surface area contributed by atoms with Gasteiger partial charge in [0.1, 0.15) is 19.3 Å². The van der Waals surface area contributed by atoms with E-state index in [0.29, 0.717) is 38.5 Å². The molecule has 43 heavy (non-hydrogen) atoms. The quantitative estimate of drug-likeness (QED) is 0.0547. The molecule has 0 aliphatic heterocycles. The molecule has 0 aromatic heterocycles. The van der Waals surface area contributed by atoms with Gasteiger partial charge in [-0.25, -0.2) is 0 Å². The van der Waals surface area contributed by atoms with Gasteiger partial charge in [-0.05, 0) is 43.9 Å². The maximum Gasteiger partial charge on any atom is 0.305 e. The summed E-state index contributed by atoms with van der Waals surface area (Å²) in [7, 11) is 0. The zero-order chi connectivity index (χ0) is 31.9. The lowest BCUT2D eigenvalue weighted by Gasteiger charge is -2.19. The maximum atomic E-state index is 12.0. The molecule has 4 N–H and O–H groups in total. The Labute approximate surface area is 260 Å². The Balaban J connectivity index is 2.14. The minimum Gasteiger partial charge on any atom is -0.463 e. The third kappa shape index (κ3) is 20.0. The molecule has 0 heterocycles. The van der Waals surface area contributed by atoms with Gasteiger partial charge in [0.2, 0.25) is 0 Å². The second-order valence-corrected chi connectivity index (χ2v) is 12.7. The smallest absolute Gasteiger partial charge is 0.305 e. The van der Waals surface area contributed by atoms with Crippen molar-refractivity contribution in [1.29, 1.82) is 0 Å². The van der Waals surface area contributed by atoms with Gasteiger partial charge in [0, 0.05) is 25.2 Å². The van der Waals surface area contributed by atoms with E-state index in [9.17, 15) is 30.0 Å². The summed E-state index contributed by atoms with van der Waals surface area (Å²) in [5, 5.41) is 40.9. The second-order valence-electron chi connectivity index (χ2n) is 12.7. The van der Waals surface area contributed by atoms with E-state index in [2.05, 4.69) is 20.8 Å². The Hall–Kier alpha value is -1.74. The second kappa shape index (κ2) is 24.6. The lowest BCUT2D eigenvalue weighted by molar-refractivity contribution is -0.152. The summed E-state index contributed by atoms with van der Waals surface area (Å²) in [6.45, 7) is 6.22. The molecule has 0 aromatic rings. The highest BCUT2D eigenvalue weighted by molar-refractivity contribution is 5.69. The molecule has 0 amide bonds. The molecule has 1 aliphatic rings. The van der Waals surface area contributed by atoms with Crippen molar-refractivity contribution in [3.63, 3.8) is 0 Å². The predicted octanol–water partition coefficient (Wildman–Crippen LogP) is 6.18. The SMILES string of the molecule is CCCCC[C@H](O)/C=C/[C@@H]1[C@@H](C/C=C/CCCC(=O)OC[C@H](O)COC(=O)CCCCCCCCC(C)C)[C@@H](O)C[C@H]1O. The fourth-order valence-electron chi connectivity index (χ4n) is 5.50. The van der Waals surface area contributed by atoms with Crippen LogP contribution in [0.25, 0.3) is 0 Å². The van der Waals surface area contributed by atoms with Crippen molar-refractivity contribution < 1.29 is 39.5 Å². The highest BCUT2D eigenvalue weighted by atomic mass is 16.6. The number of carbonyl (C=O) groups is 2. The van der Waals surface area contributed by atoms with Crippen LogP contribution in [0.15, 0.2) is 24.3 Å². The van der Waals surface area contributed by atoms with Gasteiger partial charge in [-0.3, -0.25) is 9.59 Å². The van der Waals surface area contributed by atoms with E-state index in [1.54, 1.807) is 6.08 Å². The van der Waals surface area contributed by atoms with Crippen molar-refractivity contribution in [3.05, 3.63) is 24.3 Å². The van der Waals surface area contributed by atoms with E-state index in [1.807, 2.05) is 18.2 Å². The van der Waals surface area contributed by atoms with Crippen LogP contribution in [0.4, 0.5) is 0 Å². The molecule has 0 saturated heterocycles. The topological polar surface area (TPSA) is 134 Å². The molecular formula is C35H62O8. The average molecular weight is 611 g/mol. The van der Waals surface area contributed by atoms with E-state index in [4.69, 9.17) is 9.47 Å². The van der Waals surface area contributed by atoms with Gasteiger partial charge in [0.15, 0.2) is 0 Å². The fraction of sp³-hybridized carbons (Fsp3) is 0.829. The van der Waals surface area contributed by atoms with Crippen LogP contribution >= 0.6 is 0 Å². The third-order valence-corrected chi connectivity index (χ3v) is 8.19. The van der Waals surface area contributed by atoms with E-state index < -0.39 is 30.4 Å². The van der Waals surface area contributed by atoms with Gasteiger partial charge < -0.3 is 29.9 Å². The Bertz CT molecular complexity index is 780. The molecule has 1 fully saturated rings. The first kappa shape index (κ1) is 39.3. The Morgan fingerprint density at radius 3 is 2.05 bits per heavy atom. The first-order chi connectivity index (χ1) is 20.6. The van der Waals surface area contributed by atoms with Crippen LogP contribution < -0.4 is 0 Å². The van der Waals surface area contributed by atoms with Gasteiger partial charge in [-0.1, -0.05) is 103 Å². The van der Waals surface area contributed by atoms with Crippen LogP contribution in [0, 0.1) is 17.8 Å². The fourth-order valence-corrected chi connectivity index (χ4v) is 5.50. The number of hydrogen-bond donors (Lipinski definition) is 4. The van der Waals surface area contributed by atoms with Gasteiger partial charge >= 0.3 is 11.9 Å². The lowest BCUT2D eigenvalue weighted by Crippen LogP contribution is -2.25. The van der Waals surface area contributed by atoms with E-state index in [1.165, 1.54) is 25.7 Å². The minimum atomic E-state index is -1.04. The van der Waals surface area contributed by atoms with Crippen molar-refractivity contribution in [2.24, 2.45) is 17.8 Å². The van der Waals surface area contributed by atoms with Crippen molar-refractivity contribution in [3.8, 4) is 0 Å². The van der Waals surface area contributed by atoms with Crippen LogP contribution in [0.5, 0.6) is 0 Å². The van der Waals surface area contributed by atoms with Crippen LogP contribution in [0.3, 0.4) is 0 Å². The van der Waals surface area contributed by atoms with Crippen LogP contribution in [-0.2, 0) is 19.1 Å². The largest absolute Gasteiger partial charge is 0.463 e. The number of allylic oxidation sites excluding steroid dienone is 2. The molecular weight excluding hydrogens is 548 g/mol. The van der Waals surface area contributed by atoms with Crippen molar-refractivity contribution >= 4 is 11.9 Å². The Kier molecular flexibility index (Phi) is 22.4. The molecule has 1 rings (SSSR count). The Morgan fingerprint density at radius 2 is 1.40 bits per heavy atom. The lowest BCUT2D eigenvalue weighted by atomic mass is 9.89. The molecule has 0 spiro atoms. The van der Waals surface area contributed by atoms with Crippen molar-refractivity contribution in [2.75, 3.05) is 13.2 Å². The van der Waals surface area contributed by atoms with E-state index in [0.717, 1.165) is 44.4 Å². The number of aliphatic hydroxyl groups is 4. The normalized spacial score (nSPS) is 22.0. The molecule has 1 saturated carbocycles. The van der Waals surface area contributed by atoms with Crippen LogP contribution in [-0.4, -0.2) is 70.0 Å². The minimum absolute atomic E-state index is 0.115. The number of esters is 2. The third-order valence-electron chi connectivity index (χ3n) is 8.19. The molecule has 1 aliphatic carbocycles. The number of rotatable bonds is 25. The van der Waals surface area contributed by atoms with Crippen molar-refractivity contribution in [1.82, 2.24) is 0 Å². The number of ether oxygens (including phenoxy) is 2. The maximum absolute atomic E-state index is 12.0. The van der Waals surface area contributed by atoms with Gasteiger partial charge in [-0.15, -0.1) is 0 Å². The molecule has 8 nitrogen and oxygen atoms in total. The molecule has 250 valence electrons. The van der Waals surface area contributed by atoms with Crippen molar-refractivity contribution in [2.45, 2.75) is 154 Å². The Morgan fingerprint density at radius 1 is 0.791 bits per heavy atom. The molecule has 0 radical (unpaired) electrons. The van der Waals surface area contributed by atoms with Gasteiger partial charge in [0.05, 0.1) is 18.3 Å². The highest BCUT2D eigenvalue weighted by Crippen LogP contribution is 2.36. The number of aliphatic hydroxyl groups excluding tert-OH is 4. The summed E-state index contributed by atoms with van der Waals surface area (Å²) in [5.74, 6) is -0.305. The van der Waals surface area contributed by atoms with Gasteiger partial charge in [0.25, 0.3) is 0 Å². The first-order valence-corrected chi connectivity index (χ1v) is 17.0. The highest BCUT2D eigenvalue weighted by Gasteiger charge is 2.39. The zero-order valence-electron chi connectivity index (χ0n) is 27.2. The zero-order valence-corrected chi connectivity index (χ0v) is 27.2. The summed E-state index contributed by atoms with van der Waals surface area (Å²) in [4.78, 5) is 23.9. The number of hydrogen-bond acceptors (Lipinski definition) is 8. The molecule has 0 unspecified atom stereocenters. The number of carbonyl (C=O) groups excluding carboxylic acids is 2.